The van der Waals surface area contributed by atoms with E-state index in [1.54, 1.807) is 36.9 Å². The van der Waals surface area contributed by atoms with E-state index in [9.17, 15) is 24.8 Å². The lowest BCUT2D eigenvalue weighted by atomic mass is 9.45. The highest BCUT2D eigenvalue weighted by Gasteiger charge is 2.75. The van der Waals surface area contributed by atoms with Gasteiger partial charge in [0.1, 0.15) is 0 Å². The third-order valence-corrected chi connectivity index (χ3v) is 12.6. The van der Waals surface area contributed by atoms with Crippen molar-refractivity contribution in [2.75, 3.05) is 5.75 Å². The largest absolute Gasteiger partial charge is 0.446 e. The van der Waals surface area contributed by atoms with Gasteiger partial charge in [-0.25, -0.2) is 9.18 Å². The molecule has 44 heavy (non-hydrogen) atoms. The lowest BCUT2D eigenvalue weighted by molar-refractivity contribution is -0.214. The van der Waals surface area contributed by atoms with Crippen molar-refractivity contribution in [2.24, 2.45) is 22.7 Å². The maximum atomic E-state index is 17.5. The summed E-state index contributed by atoms with van der Waals surface area (Å²) in [6.45, 7) is 3.58. The number of ketones is 1. The van der Waals surface area contributed by atoms with Gasteiger partial charge in [0.25, 0.3) is 0 Å². The standard InChI is InChI=1S/C35H34FNO5S2/c1-32-16-14-24(38)20-23(32)10-13-28-27-15-17-34(31(41)43-19-18-37,33(27,2)21-29(39)35(28,32)36)42-30(40)22-8-11-26(12-9-22)44-25-6-4-3-5-7-25/h3-9,11-12,14,16,20,27-29,39H,10,13,15,17,19,21H2,1-2H3/t27-,28-,29-,32-,33-,34-,35-/m0/s1. The number of aliphatic hydroxyl groups is 1. The van der Waals surface area contributed by atoms with Gasteiger partial charge < -0.3 is 9.84 Å². The van der Waals surface area contributed by atoms with Crippen LogP contribution in [0.5, 0.6) is 0 Å². The van der Waals surface area contributed by atoms with Gasteiger partial charge >= 0.3 is 5.97 Å². The number of fused-ring (bicyclic) bond motifs is 5. The SMILES string of the molecule is C[C@]12C=CC(=O)C=C1CC[C@H]1[C@@H]3CC[C@](OC(=O)c4ccc(Sc5ccccc5)cc4)(C(=O)SCC#N)[C@@]3(C)C[C@H](O)[C@@]12F. The number of alkyl halides is 1. The van der Waals surface area contributed by atoms with E-state index in [1.165, 1.54) is 12.2 Å². The first kappa shape index (κ1) is 30.8. The number of hydrogen-bond acceptors (Lipinski definition) is 8. The van der Waals surface area contributed by atoms with Crippen molar-refractivity contribution in [3.8, 4) is 6.07 Å². The van der Waals surface area contributed by atoms with Crippen LogP contribution in [0.15, 0.2) is 88.2 Å². The Morgan fingerprint density at radius 1 is 1.07 bits per heavy atom. The molecule has 0 aromatic heterocycles. The molecule has 0 bridgehead atoms. The van der Waals surface area contributed by atoms with Gasteiger partial charge in [-0.05, 0) is 93.5 Å². The van der Waals surface area contributed by atoms with Crippen molar-refractivity contribution < 1.29 is 28.6 Å². The Kier molecular flexibility index (Phi) is 7.92. The van der Waals surface area contributed by atoms with Crippen LogP contribution in [-0.4, -0.2) is 45.1 Å². The van der Waals surface area contributed by atoms with Crippen molar-refractivity contribution in [2.45, 2.75) is 73.1 Å². The summed E-state index contributed by atoms with van der Waals surface area (Å²) >= 11 is 2.36. The number of ether oxygens (including phenoxy) is 1. The first-order valence-corrected chi connectivity index (χ1v) is 16.7. The highest BCUT2D eigenvalue weighted by Crippen LogP contribution is 2.70. The predicted molar refractivity (Wildman–Crippen MR) is 167 cm³/mol. The molecular weight excluding hydrogens is 598 g/mol. The van der Waals surface area contributed by atoms with Gasteiger partial charge in [0.2, 0.25) is 5.12 Å². The third-order valence-electron chi connectivity index (χ3n) is 10.7. The summed E-state index contributed by atoms with van der Waals surface area (Å²) in [5.41, 5.74) is -4.99. The van der Waals surface area contributed by atoms with E-state index < -0.39 is 45.2 Å². The topological polar surface area (TPSA) is 104 Å². The van der Waals surface area contributed by atoms with Crippen molar-refractivity contribution in [3.05, 3.63) is 84.0 Å². The third kappa shape index (κ3) is 4.60. The molecule has 0 saturated heterocycles. The van der Waals surface area contributed by atoms with E-state index in [2.05, 4.69) is 0 Å². The molecule has 3 saturated carbocycles. The number of esters is 1. The molecule has 4 aliphatic carbocycles. The number of nitriles is 1. The average molecular weight is 632 g/mol. The molecule has 6 nitrogen and oxygen atoms in total. The molecule has 0 heterocycles. The molecule has 0 aliphatic heterocycles. The predicted octanol–water partition coefficient (Wildman–Crippen LogP) is 6.89. The summed E-state index contributed by atoms with van der Waals surface area (Å²) in [6.07, 6.45) is 4.39. The highest BCUT2D eigenvalue weighted by atomic mass is 32.2. The van der Waals surface area contributed by atoms with Crippen LogP contribution >= 0.6 is 23.5 Å². The Hall–Kier alpha value is -3.19. The molecule has 9 heteroatoms. The van der Waals surface area contributed by atoms with Crippen LogP contribution in [0.2, 0.25) is 0 Å². The summed E-state index contributed by atoms with van der Waals surface area (Å²) in [5.74, 6) is -1.97. The quantitative estimate of drug-likeness (QED) is 0.344. The van der Waals surface area contributed by atoms with E-state index in [0.717, 1.165) is 21.6 Å². The van der Waals surface area contributed by atoms with Crippen molar-refractivity contribution >= 4 is 40.4 Å². The van der Waals surface area contributed by atoms with Gasteiger partial charge in [0, 0.05) is 26.5 Å². The lowest BCUT2D eigenvalue weighted by Gasteiger charge is -2.62. The summed E-state index contributed by atoms with van der Waals surface area (Å²) in [6, 6.07) is 18.8. The van der Waals surface area contributed by atoms with Gasteiger partial charge in [-0.2, -0.15) is 5.26 Å². The molecule has 3 fully saturated rings. The van der Waals surface area contributed by atoms with Gasteiger partial charge in [0.05, 0.1) is 23.5 Å². The number of carbonyl (C=O) groups is 3. The highest BCUT2D eigenvalue weighted by molar-refractivity contribution is 8.14. The Morgan fingerprint density at radius 2 is 1.77 bits per heavy atom. The Morgan fingerprint density at radius 3 is 2.48 bits per heavy atom. The molecule has 7 atom stereocenters. The normalized spacial score (nSPS) is 35.5. The minimum absolute atomic E-state index is 0.103. The molecule has 2 aromatic rings. The van der Waals surface area contributed by atoms with Crippen LogP contribution in [0.4, 0.5) is 4.39 Å². The molecule has 2 aromatic carbocycles. The molecule has 0 radical (unpaired) electrons. The van der Waals surface area contributed by atoms with Gasteiger partial charge in [0.15, 0.2) is 17.1 Å². The van der Waals surface area contributed by atoms with Crippen LogP contribution in [0.25, 0.3) is 0 Å². The number of nitrogens with zero attached hydrogens (tertiary/aromatic N) is 1. The van der Waals surface area contributed by atoms with Crippen molar-refractivity contribution in [1.82, 2.24) is 0 Å². The summed E-state index contributed by atoms with van der Waals surface area (Å²) < 4.78 is 23.8. The number of allylic oxidation sites excluding steroid dienone is 4. The zero-order valence-electron chi connectivity index (χ0n) is 24.6. The van der Waals surface area contributed by atoms with Crippen LogP contribution in [0, 0.1) is 34.0 Å². The molecule has 0 spiro atoms. The van der Waals surface area contributed by atoms with Crippen LogP contribution in [0.3, 0.4) is 0 Å². The van der Waals surface area contributed by atoms with E-state index >= 15 is 4.39 Å². The molecule has 6 rings (SSSR count). The smallest absolute Gasteiger partial charge is 0.339 e. The van der Waals surface area contributed by atoms with Gasteiger partial charge in [-0.1, -0.05) is 60.3 Å². The molecule has 0 amide bonds. The Labute approximate surface area is 265 Å². The Balaban J connectivity index is 1.32. The number of thioether (sulfide) groups is 1. The number of aliphatic hydroxyl groups excluding tert-OH is 1. The number of carbonyl (C=O) groups excluding carboxylic acids is 3. The first-order chi connectivity index (χ1) is 21.0. The van der Waals surface area contributed by atoms with Crippen LogP contribution < -0.4 is 0 Å². The zero-order valence-corrected chi connectivity index (χ0v) is 26.3. The molecule has 0 unspecified atom stereocenters. The summed E-state index contributed by atoms with van der Waals surface area (Å²) in [7, 11) is 0. The minimum atomic E-state index is -2.06. The second-order valence-electron chi connectivity index (χ2n) is 12.7. The first-order valence-electron chi connectivity index (χ1n) is 14.9. The summed E-state index contributed by atoms with van der Waals surface area (Å²) in [4.78, 5) is 41.8. The number of hydrogen-bond donors (Lipinski definition) is 1. The average Bonchev–Trinajstić information content (AvgIpc) is 3.29. The van der Waals surface area contributed by atoms with E-state index in [-0.39, 0.29) is 35.9 Å². The fraction of sp³-hybridized carbons (Fsp3) is 0.429. The maximum absolute atomic E-state index is 17.5. The number of halogens is 1. The van der Waals surface area contributed by atoms with Gasteiger partial charge in [-0.3, -0.25) is 9.59 Å². The second kappa shape index (κ2) is 11.3. The fourth-order valence-electron chi connectivity index (χ4n) is 8.46. The summed E-state index contributed by atoms with van der Waals surface area (Å²) in [5, 5.41) is 20.5. The van der Waals surface area contributed by atoms with Gasteiger partial charge in [-0.15, -0.1) is 0 Å². The Bertz CT molecular complexity index is 1600. The monoisotopic (exact) mass is 631 g/mol. The van der Waals surface area contributed by atoms with Crippen LogP contribution in [0.1, 0.15) is 56.3 Å². The fourth-order valence-corrected chi connectivity index (χ4v) is 10.1. The number of benzene rings is 2. The molecule has 228 valence electrons. The number of rotatable bonds is 6. The molecule has 1 N–H and O–H groups in total. The maximum Gasteiger partial charge on any atom is 0.339 e. The van der Waals surface area contributed by atoms with E-state index in [1.807, 2.05) is 55.5 Å². The molecule has 4 aliphatic rings. The second-order valence-corrected chi connectivity index (χ2v) is 14.8. The van der Waals surface area contributed by atoms with Crippen molar-refractivity contribution in [1.29, 1.82) is 5.26 Å². The van der Waals surface area contributed by atoms with Crippen molar-refractivity contribution in [3.63, 3.8) is 0 Å². The zero-order chi connectivity index (χ0) is 31.3. The minimum Gasteiger partial charge on any atom is -0.446 e. The van der Waals surface area contributed by atoms with E-state index in [0.29, 0.717) is 24.8 Å². The van der Waals surface area contributed by atoms with E-state index in [4.69, 9.17) is 4.74 Å². The van der Waals surface area contributed by atoms with Crippen LogP contribution in [-0.2, 0) is 14.3 Å². The molecular formula is C35H34FNO5S2. The lowest BCUT2D eigenvalue weighted by Crippen LogP contribution is -2.69.